The Labute approximate surface area is 178 Å². The first-order valence-corrected chi connectivity index (χ1v) is 9.25. The molecule has 2 aromatic carbocycles. The Morgan fingerprint density at radius 3 is 2.41 bits per heavy atom. The lowest BCUT2D eigenvalue weighted by Gasteiger charge is -2.13. The molecule has 1 atom stereocenters. The van der Waals surface area contributed by atoms with Gasteiger partial charge in [-0.25, -0.2) is 4.39 Å². The lowest BCUT2D eigenvalue weighted by atomic mass is 10.1. The Morgan fingerprint density at radius 2 is 1.81 bits per heavy atom. The first-order valence-electron chi connectivity index (χ1n) is 9.25. The van der Waals surface area contributed by atoms with Crippen LogP contribution in [-0.4, -0.2) is 45.2 Å². The van der Waals surface area contributed by atoms with Gasteiger partial charge < -0.3 is 15.5 Å². The molecule has 1 amide bonds. The highest BCUT2D eigenvalue weighted by Crippen LogP contribution is 2.30. The molecule has 0 unspecified atom stereocenters. The number of aliphatic hydroxyl groups is 2. The highest BCUT2D eigenvalue weighted by Gasteiger charge is 2.30. The summed E-state index contributed by atoms with van der Waals surface area (Å²) in [6.45, 7) is -0.979. The first-order chi connectivity index (χ1) is 15.1. The molecule has 0 aliphatic carbocycles. The summed E-state index contributed by atoms with van der Waals surface area (Å²) in [5, 5.41) is 24.7. The summed E-state index contributed by atoms with van der Waals surface area (Å²) in [5.74, 6) is -1.59. The number of benzene rings is 2. The van der Waals surface area contributed by atoms with Gasteiger partial charge in [0.05, 0.1) is 29.7 Å². The zero-order chi connectivity index (χ0) is 23.5. The summed E-state index contributed by atoms with van der Waals surface area (Å²) in [5.41, 5.74) is -2.10. The van der Waals surface area contributed by atoms with Crippen LogP contribution in [0.3, 0.4) is 0 Å². The molecule has 7 nitrogen and oxygen atoms in total. The second kappa shape index (κ2) is 9.28. The van der Waals surface area contributed by atoms with E-state index in [1.165, 1.54) is 12.1 Å². The third-order valence-corrected chi connectivity index (χ3v) is 4.43. The van der Waals surface area contributed by atoms with Crippen molar-refractivity contribution in [3.05, 3.63) is 81.9 Å². The Morgan fingerprint density at radius 1 is 1.12 bits per heavy atom. The van der Waals surface area contributed by atoms with E-state index in [1.807, 2.05) is 0 Å². The molecule has 168 valence electrons. The highest BCUT2D eigenvalue weighted by molar-refractivity contribution is 5.94. The Hall–Kier alpha value is -3.57. The van der Waals surface area contributed by atoms with E-state index < -0.39 is 47.3 Å². The van der Waals surface area contributed by atoms with E-state index in [0.29, 0.717) is 0 Å². The number of nitrogens with one attached hydrogen (secondary N) is 1. The van der Waals surface area contributed by atoms with Crippen molar-refractivity contribution < 1.29 is 32.6 Å². The SMILES string of the molecule is O=C(NC[C@H](O)CO)c1cc(-c2ccc(C(F)(F)F)cc2)nn(-c2cccc(F)c2)c1=O. The third-order valence-electron chi connectivity index (χ3n) is 4.43. The zero-order valence-corrected chi connectivity index (χ0v) is 16.3. The van der Waals surface area contributed by atoms with Gasteiger partial charge in [0.2, 0.25) is 0 Å². The monoisotopic (exact) mass is 451 g/mol. The van der Waals surface area contributed by atoms with Gasteiger partial charge >= 0.3 is 6.18 Å². The predicted molar refractivity (Wildman–Crippen MR) is 106 cm³/mol. The Bertz CT molecular complexity index is 1180. The second-order valence-corrected chi connectivity index (χ2v) is 6.76. The molecule has 1 aromatic heterocycles. The van der Waals surface area contributed by atoms with Gasteiger partial charge in [0, 0.05) is 12.1 Å². The van der Waals surface area contributed by atoms with E-state index in [0.717, 1.165) is 47.1 Å². The molecule has 0 aliphatic rings. The standard InChI is InChI=1S/C21H17F4N3O4/c22-14-2-1-3-15(8-14)28-20(32)17(19(31)26-10-16(30)11-29)9-18(27-28)12-4-6-13(7-5-12)21(23,24)25/h1-9,16,29-30H,10-11H2,(H,26,31)/t16-/m0/s1. The molecule has 3 rings (SSSR count). The first kappa shape index (κ1) is 23.1. The molecular weight excluding hydrogens is 434 g/mol. The molecule has 0 saturated carbocycles. The number of amides is 1. The predicted octanol–water partition coefficient (Wildman–Crippen LogP) is 2.14. The fourth-order valence-electron chi connectivity index (χ4n) is 2.78. The van der Waals surface area contributed by atoms with Crippen molar-refractivity contribution in [1.82, 2.24) is 15.1 Å². The van der Waals surface area contributed by atoms with E-state index in [1.54, 1.807) is 0 Å². The lowest BCUT2D eigenvalue weighted by molar-refractivity contribution is -0.137. The molecule has 0 bridgehead atoms. The van der Waals surface area contributed by atoms with Crippen molar-refractivity contribution in [1.29, 1.82) is 0 Å². The van der Waals surface area contributed by atoms with Crippen LogP contribution in [0.4, 0.5) is 17.6 Å². The minimum Gasteiger partial charge on any atom is -0.394 e. The van der Waals surface area contributed by atoms with Crippen molar-refractivity contribution in [3.63, 3.8) is 0 Å². The number of aliphatic hydroxyl groups excluding tert-OH is 2. The van der Waals surface area contributed by atoms with Gasteiger partial charge in [-0.15, -0.1) is 0 Å². The van der Waals surface area contributed by atoms with Crippen molar-refractivity contribution in [2.24, 2.45) is 0 Å². The maximum absolute atomic E-state index is 13.7. The minimum absolute atomic E-state index is 0.00629. The fraction of sp³-hybridized carbons (Fsp3) is 0.190. The van der Waals surface area contributed by atoms with Crippen LogP contribution >= 0.6 is 0 Å². The number of aromatic nitrogens is 2. The Balaban J connectivity index is 2.12. The molecule has 0 fully saturated rings. The van der Waals surface area contributed by atoms with Gasteiger partial charge in [0.1, 0.15) is 11.4 Å². The zero-order valence-electron chi connectivity index (χ0n) is 16.3. The van der Waals surface area contributed by atoms with Crippen molar-refractivity contribution in [2.75, 3.05) is 13.2 Å². The van der Waals surface area contributed by atoms with Crippen LogP contribution in [0, 0.1) is 5.82 Å². The summed E-state index contributed by atoms with van der Waals surface area (Å²) in [6.07, 6.45) is -5.81. The van der Waals surface area contributed by atoms with Crippen LogP contribution in [0.25, 0.3) is 16.9 Å². The average molecular weight is 451 g/mol. The van der Waals surface area contributed by atoms with Gasteiger partial charge in [0.25, 0.3) is 11.5 Å². The number of nitrogens with zero attached hydrogens (tertiary/aromatic N) is 2. The average Bonchev–Trinajstić information content (AvgIpc) is 2.76. The summed E-state index contributed by atoms with van der Waals surface area (Å²) in [4.78, 5) is 25.4. The smallest absolute Gasteiger partial charge is 0.394 e. The quantitative estimate of drug-likeness (QED) is 0.499. The lowest BCUT2D eigenvalue weighted by Crippen LogP contribution is -2.38. The van der Waals surface area contributed by atoms with Gasteiger partial charge in [0.15, 0.2) is 0 Å². The number of halogens is 4. The van der Waals surface area contributed by atoms with Crippen LogP contribution in [0.1, 0.15) is 15.9 Å². The van der Waals surface area contributed by atoms with Crippen LogP contribution in [0.15, 0.2) is 59.4 Å². The van der Waals surface area contributed by atoms with Gasteiger partial charge in [-0.05, 0) is 36.4 Å². The highest BCUT2D eigenvalue weighted by atomic mass is 19.4. The van der Waals surface area contributed by atoms with Crippen molar-refractivity contribution in [3.8, 4) is 16.9 Å². The maximum atomic E-state index is 13.7. The summed E-state index contributed by atoms with van der Waals surface area (Å²) in [7, 11) is 0. The second-order valence-electron chi connectivity index (χ2n) is 6.76. The van der Waals surface area contributed by atoms with Crippen LogP contribution in [0.5, 0.6) is 0 Å². The van der Waals surface area contributed by atoms with Gasteiger partial charge in [-0.1, -0.05) is 18.2 Å². The normalized spacial score (nSPS) is 12.4. The molecule has 0 spiro atoms. The molecule has 1 heterocycles. The van der Waals surface area contributed by atoms with Crippen LogP contribution in [0.2, 0.25) is 0 Å². The molecule has 32 heavy (non-hydrogen) atoms. The van der Waals surface area contributed by atoms with Crippen LogP contribution in [-0.2, 0) is 6.18 Å². The molecule has 11 heteroatoms. The van der Waals surface area contributed by atoms with Crippen LogP contribution < -0.4 is 10.9 Å². The molecular formula is C21H17F4N3O4. The largest absolute Gasteiger partial charge is 0.416 e. The topological polar surface area (TPSA) is 104 Å². The number of carbonyl (C=O) groups is 1. The van der Waals surface area contributed by atoms with E-state index in [9.17, 15) is 32.3 Å². The molecule has 0 aliphatic heterocycles. The van der Waals surface area contributed by atoms with Crippen molar-refractivity contribution in [2.45, 2.75) is 12.3 Å². The maximum Gasteiger partial charge on any atom is 0.416 e. The fourth-order valence-corrected chi connectivity index (χ4v) is 2.78. The number of carbonyl (C=O) groups excluding carboxylic acids is 1. The van der Waals surface area contributed by atoms with E-state index >= 15 is 0 Å². The summed E-state index contributed by atoms with van der Waals surface area (Å²) < 4.78 is 53.0. The number of hydrogen-bond acceptors (Lipinski definition) is 5. The number of rotatable bonds is 6. The van der Waals surface area contributed by atoms with E-state index in [4.69, 9.17) is 5.11 Å². The third kappa shape index (κ3) is 5.18. The molecule has 0 radical (unpaired) electrons. The molecule has 0 saturated heterocycles. The summed E-state index contributed by atoms with van der Waals surface area (Å²) in [6, 6.07) is 9.82. The van der Waals surface area contributed by atoms with Crippen molar-refractivity contribution >= 4 is 5.91 Å². The van der Waals surface area contributed by atoms with E-state index in [-0.39, 0.29) is 23.5 Å². The number of hydrogen-bond donors (Lipinski definition) is 3. The minimum atomic E-state index is -4.55. The molecule has 3 N–H and O–H groups in total. The number of alkyl halides is 3. The summed E-state index contributed by atoms with van der Waals surface area (Å²) >= 11 is 0. The van der Waals surface area contributed by atoms with E-state index in [2.05, 4.69) is 10.4 Å². The molecule has 3 aromatic rings. The van der Waals surface area contributed by atoms with Gasteiger partial charge in [-0.2, -0.15) is 23.0 Å². The van der Waals surface area contributed by atoms with Gasteiger partial charge in [-0.3, -0.25) is 9.59 Å². The Kier molecular flexibility index (Phi) is 6.70.